The Morgan fingerprint density at radius 1 is 1.10 bits per heavy atom. The number of para-hydroxylation sites is 1. The fourth-order valence-corrected chi connectivity index (χ4v) is 3.83. The topological polar surface area (TPSA) is 84.6 Å². The molecule has 0 saturated heterocycles. The molecule has 0 unspecified atom stereocenters. The summed E-state index contributed by atoms with van der Waals surface area (Å²) in [6.45, 7) is 0. The molecule has 4 aromatic rings. The van der Waals surface area contributed by atoms with Crippen molar-refractivity contribution in [2.24, 2.45) is 7.05 Å². The minimum Gasteiger partial charge on any atom is -0.508 e. The minimum atomic E-state index is -0.428. The normalized spacial score (nSPS) is 14.4. The molecule has 2 aromatic heterocycles. The van der Waals surface area contributed by atoms with Gasteiger partial charge in [-0.1, -0.05) is 18.2 Å². The summed E-state index contributed by atoms with van der Waals surface area (Å²) < 4.78 is 7.75. The first-order valence-electron chi connectivity index (χ1n) is 9.02. The fraction of sp³-hybridized carbons (Fsp3) is 0.0435. The van der Waals surface area contributed by atoms with E-state index in [1.54, 1.807) is 18.5 Å². The summed E-state index contributed by atoms with van der Waals surface area (Å²) in [7, 11) is 1.96. The average Bonchev–Trinajstić information content (AvgIpc) is 3.17. The van der Waals surface area contributed by atoms with Gasteiger partial charge < -0.3 is 19.5 Å². The maximum absolute atomic E-state index is 12.9. The number of hydrogen-bond acceptors (Lipinski definition) is 5. The van der Waals surface area contributed by atoms with E-state index >= 15 is 0 Å². The number of allylic oxidation sites excluding steroid dienone is 1. The molecule has 0 atom stereocenters. The second kappa shape index (κ2) is 6.24. The molecule has 0 spiro atoms. The lowest BCUT2D eigenvalue weighted by Gasteiger charge is -2.06. The van der Waals surface area contributed by atoms with E-state index in [0.717, 1.165) is 33.8 Å². The number of pyridine rings is 1. The van der Waals surface area contributed by atoms with E-state index in [-0.39, 0.29) is 28.6 Å². The van der Waals surface area contributed by atoms with Crippen molar-refractivity contribution in [3.8, 4) is 28.5 Å². The number of phenols is 2. The first-order chi connectivity index (χ1) is 14.0. The lowest BCUT2D eigenvalue weighted by atomic mass is 10.0. The Hall–Kier alpha value is -4.06. The van der Waals surface area contributed by atoms with Crippen molar-refractivity contribution in [3.63, 3.8) is 0 Å². The van der Waals surface area contributed by atoms with Gasteiger partial charge in [0, 0.05) is 53.6 Å². The molecule has 0 fully saturated rings. The molecule has 5 rings (SSSR count). The van der Waals surface area contributed by atoms with Crippen LogP contribution < -0.4 is 4.74 Å². The number of hydrogen-bond donors (Lipinski definition) is 2. The van der Waals surface area contributed by atoms with Crippen LogP contribution >= 0.6 is 0 Å². The fourth-order valence-electron chi connectivity index (χ4n) is 3.83. The highest BCUT2D eigenvalue weighted by molar-refractivity contribution is 6.17. The number of aromatic hydroxyl groups is 2. The Kier molecular flexibility index (Phi) is 3.67. The molecule has 142 valence electrons. The Labute approximate surface area is 165 Å². The highest BCUT2D eigenvalue weighted by atomic mass is 16.5. The number of ketones is 1. The number of Topliss-reactive ketones (excluding diaryl/α,β-unsaturated/α-hetero) is 1. The molecule has 6 heteroatoms. The van der Waals surface area contributed by atoms with Crippen LogP contribution in [0.1, 0.15) is 15.9 Å². The van der Waals surface area contributed by atoms with E-state index in [9.17, 15) is 15.0 Å². The van der Waals surface area contributed by atoms with E-state index in [1.165, 1.54) is 6.07 Å². The van der Waals surface area contributed by atoms with Gasteiger partial charge in [0.15, 0.2) is 5.76 Å². The van der Waals surface area contributed by atoms with E-state index in [0.29, 0.717) is 0 Å². The number of nitrogens with zero attached hydrogens (tertiary/aromatic N) is 2. The first-order valence-corrected chi connectivity index (χ1v) is 9.02. The molecule has 0 saturated carbocycles. The number of carbonyl (C=O) groups excluding carboxylic acids is 1. The van der Waals surface area contributed by atoms with Gasteiger partial charge in [-0.3, -0.25) is 9.78 Å². The lowest BCUT2D eigenvalue weighted by molar-refractivity contribution is 0.101. The summed E-state index contributed by atoms with van der Waals surface area (Å²) in [5.41, 5.74) is 3.67. The highest BCUT2D eigenvalue weighted by Gasteiger charge is 2.32. The molecular weight excluding hydrogens is 368 g/mol. The van der Waals surface area contributed by atoms with Crippen LogP contribution in [0.15, 0.2) is 66.7 Å². The van der Waals surface area contributed by atoms with Gasteiger partial charge in [0.2, 0.25) is 5.78 Å². The molecule has 6 nitrogen and oxygen atoms in total. The van der Waals surface area contributed by atoms with Crippen LogP contribution in [-0.4, -0.2) is 25.5 Å². The Balaban J connectivity index is 1.74. The smallest absolute Gasteiger partial charge is 0.235 e. The molecular formula is C23H16N2O4. The van der Waals surface area contributed by atoms with Crippen LogP contribution in [0.4, 0.5) is 0 Å². The monoisotopic (exact) mass is 384 g/mol. The predicted octanol–water partition coefficient (Wildman–Crippen LogP) is 4.27. The van der Waals surface area contributed by atoms with Crippen LogP contribution in [0, 0.1) is 0 Å². The summed E-state index contributed by atoms with van der Waals surface area (Å²) in [6.07, 6.45) is 5.16. The second-order valence-corrected chi connectivity index (χ2v) is 6.86. The molecule has 29 heavy (non-hydrogen) atoms. The molecule has 1 aliphatic rings. The molecule has 2 aromatic carbocycles. The molecule has 3 heterocycles. The van der Waals surface area contributed by atoms with Crippen molar-refractivity contribution in [1.82, 2.24) is 9.55 Å². The van der Waals surface area contributed by atoms with Crippen LogP contribution in [0.3, 0.4) is 0 Å². The highest BCUT2D eigenvalue weighted by Crippen LogP contribution is 2.42. The zero-order valence-corrected chi connectivity index (χ0v) is 15.5. The summed E-state index contributed by atoms with van der Waals surface area (Å²) in [6, 6.07) is 14.1. The quantitative estimate of drug-likeness (QED) is 0.504. The number of aryl methyl sites for hydroxylation is 1. The van der Waals surface area contributed by atoms with Gasteiger partial charge >= 0.3 is 0 Å². The number of fused-ring (bicyclic) bond motifs is 2. The molecule has 0 radical (unpaired) electrons. The number of carbonyl (C=O) groups is 1. The number of ether oxygens (including phenoxy) is 1. The van der Waals surface area contributed by atoms with Gasteiger partial charge in [0.1, 0.15) is 22.8 Å². The van der Waals surface area contributed by atoms with Crippen LogP contribution in [0.25, 0.3) is 28.2 Å². The van der Waals surface area contributed by atoms with E-state index < -0.39 is 5.78 Å². The van der Waals surface area contributed by atoms with Crippen molar-refractivity contribution >= 4 is 22.8 Å². The average molecular weight is 384 g/mol. The van der Waals surface area contributed by atoms with Gasteiger partial charge in [-0.25, -0.2) is 0 Å². The number of phenolic OH excluding ortho intramolecular Hbond substituents is 2. The molecule has 0 bridgehead atoms. The first kappa shape index (κ1) is 17.1. The zero-order chi connectivity index (χ0) is 20.1. The second-order valence-electron chi connectivity index (χ2n) is 6.86. The molecule has 0 amide bonds. The standard InChI is InChI=1S/C23H16N2O4/c1-25-17-7-3-2-6-15(17)16(22(25)13-5-4-8-24-12-13)11-20-23(28)21-18(27)9-14(26)10-19(21)29-20/h2-12,26-27H,1H3. The van der Waals surface area contributed by atoms with Gasteiger partial charge in [0.05, 0.1) is 5.69 Å². The van der Waals surface area contributed by atoms with Crippen LogP contribution in [0.5, 0.6) is 17.2 Å². The molecule has 2 N–H and O–H groups in total. The van der Waals surface area contributed by atoms with Gasteiger partial charge in [-0.2, -0.15) is 0 Å². The van der Waals surface area contributed by atoms with Crippen molar-refractivity contribution in [2.75, 3.05) is 0 Å². The van der Waals surface area contributed by atoms with E-state index in [1.807, 2.05) is 43.4 Å². The third-order valence-electron chi connectivity index (χ3n) is 5.09. The Morgan fingerprint density at radius 3 is 2.72 bits per heavy atom. The minimum absolute atomic E-state index is 0.0530. The summed E-state index contributed by atoms with van der Waals surface area (Å²) >= 11 is 0. The summed E-state index contributed by atoms with van der Waals surface area (Å²) in [5.74, 6) is -0.679. The van der Waals surface area contributed by atoms with Gasteiger partial charge in [0.25, 0.3) is 0 Å². The number of rotatable bonds is 2. The third-order valence-corrected chi connectivity index (χ3v) is 5.09. The number of aromatic nitrogens is 2. The van der Waals surface area contributed by atoms with E-state index in [4.69, 9.17) is 4.74 Å². The van der Waals surface area contributed by atoms with Crippen LogP contribution in [0.2, 0.25) is 0 Å². The van der Waals surface area contributed by atoms with Crippen molar-refractivity contribution in [3.05, 3.63) is 77.8 Å². The van der Waals surface area contributed by atoms with E-state index in [2.05, 4.69) is 9.55 Å². The Bertz CT molecular complexity index is 1320. The third kappa shape index (κ3) is 2.57. The molecule has 0 aliphatic carbocycles. The van der Waals surface area contributed by atoms with Gasteiger partial charge in [-0.15, -0.1) is 0 Å². The van der Waals surface area contributed by atoms with Crippen molar-refractivity contribution < 1.29 is 19.7 Å². The Morgan fingerprint density at radius 2 is 1.93 bits per heavy atom. The largest absolute Gasteiger partial charge is 0.508 e. The maximum Gasteiger partial charge on any atom is 0.235 e. The lowest BCUT2D eigenvalue weighted by Crippen LogP contribution is -1.99. The SMILES string of the molecule is Cn1c(-c2cccnc2)c(C=C2Oc3cc(O)cc(O)c3C2=O)c2ccccc21. The van der Waals surface area contributed by atoms with Crippen molar-refractivity contribution in [2.45, 2.75) is 0 Å². The summed E-state index contributed by atoms with van der Waals surface area (Å²) in [5, 5.41) is 20.7. The number of benzene rings is 2. The maximum atomic E-state index is 12.9. The van der Waals surface area contributed by atoms with Gasteiger partial charge in [-0.05, 0) is 24.3 Å². The summed E-state index contributed by atoms with van der Waals surface area (Å²) in [4.78, 5) is 17.1. The predicted molar refractivity (Wildman–Crippen MR) is 109 cm³/mol. The molecule has 1 aliphatic heterocycles. The zero-order valence-electron chi connectivity index (χ0n) is 15.5. The van der Waals surface area contributed by atoms with Crippen molar-refractivity contribution in [1.29, 1.82) is 0 Å². The van der Waals surface area contributed by atoms with Crippen LogP contribution in [-0.2, 0) is 7.05 Å².